The minimum absolute atomic E-state index is 0.0445. The van der Waals surface area contributed by atoms with Gasteiger partial charge in [0.1, 0.15) is 5.84 Å². The molecule has 154 valence electrons. The molecule has 0 aliphatic carbocycles. The normalized spacial score (nSPS) is 10.6. The SMILES string of the molecule is N=C(N)c1ccc2cc(C(=O)Nc3ccc(CO)cc3)cc(Nc3ncccn3)c2c1. The molecule has 6 N–H and O–H groups in total. The van der Waals surface area contributed by atoms with E-state index in [0.29, 0.717) is 28.5 Å². The standard InChI is InChI=1S/C23H20N6O2/c24-21(25)16-5-4-15-10-17(22(31)28-18-6-2-14(13-30)3-7-18)12-20(19(15)11-16)29-23-26-8-1-9-27-23/h1-12,30H,13H2,(H3,24,25)(H,28,31)(H,26,27,29). The number of nitrogens with two attached hydrogens (primary N) is 1. The van der Waals surface area contributed by atoms with E-state index in [9.17, 15) is 4.79 Å². The number of rotatable bonds is 6. The monoisotopic (exact) mass is 412 g/mol. The average Bonchev–Trinajstić information content (AvgIpc) is 2.79. The maximum absolute atomic E-state index is 12.9. The first-order valence-corrected chi connectivity index (χ1v) is 9.51. The summed E-state index contributed by atoms with van der Waals surface area (Å²) in [5.41, 5.74) is 8.66. The molecule has 4 rings (SSSR count). The number of carbonyl (C=O) groups is 1. The Hall–Kier alpha value is -4.30. The molecule has 0 spiro atoms. The van der Waals surface area contributed by atoms with E-state index in [1.165, 1.54) is 0 Å². The van der Waals surface area contributed by atoms with Gasteiger partial charge in [-0.05, 0) is 47.3 Å². The van der Waals surface area contributed by atoms with Gasteiger partial charge >= 0.3 is 0 Å². The number of aromatic nitrogens is 2. The number of anilines is 3. The number of amides is 1. The van der Waals surface area contributed by atoms with Crippen LogP contribution in [0.4, 0.5) is 17.3 Å². The van der Waals surface area contributed by atoms with Crippen LogP contribution in [0.2, 0.25) is 0 Å². The van der Waals surface area contributed by atoms with Crippen molar-refractivity contribution < 1.29 is 9.90 Å². The molecule has 0 radical (unpaired) electrons. The molecular weight excluding hydrogens is 392 g/mol. The zero-order chi connectivity index (χ0) is 21.8. The van der Waals surface area contributed by atoms with Crippen LogP contribution in [0, 0.1) is 5.41 Å². The molecule has 8 heteroatoms. The van der Waals surface area contributed by atoms with E-state index in [4.69, 9.17) is 16.2 Å². The Morgan fingerprint density at radius 2 is 1.74 bits per heavy atom. The summed E-state index contributed by atoms with van der Waals surface area (Å²) in [6.07, 6.45) is 3.23. The van der Waals surface area contributed by atoms with Gasteiger partial charge < -0.3 is 21.5 Å². The van der Waals surface area contributed by atoms with Crippen LogP contribution < -0.4 is 16.4 Å². The third kappa shape index (κ3) is 4.49. The first-order chi connectivity index (χ1) is 15.0. The predicted octanol–water partition coefficient (Wildman–Crippen LogP) is 3.40. The Kier molecular flexibility index (Phi) is 5.55. The molecule has 3 aromatic carbocycles. The van der Waals surface area contributed by atoms with Crippen molar-refractivity contribution in [3.63, 3.8) is 0 Å². The van der Waals surface area contributed by atoms with Crippen molar-refractivity contribution in [1.82, 2.24) is 9.97 Å². The highest BCUT2D eigenvalue weighted by molar-refractivity contribution is 6.10. The number of nitrogens with one attached hydrogen (secondary N) is 3. The molecular formula is C23H20N6O2. The lowest BCUT2D eigenvalue weighted by Crippen LogP contribution is -2.13. The highest BCUT2D eigenvalue weighted by atomic mass is 16.3. The van der Waals surface area contributed by atoms with Crippen molar-refractivity contribution >= 4 is 39.8 Å². The number of aliphatic hydroxyl groups is 1. The Morgan fingerprint density at radius 1 is 1.00 bits per heavy atom. The summed E-state index contributed by atoms with van der Waals surface area (Å²) in [4.78, 5) is 21.3. The molecule has 0 fully saturated rings. The smallest absolute Gasteiger partial charge is 0.255 e. The van der Waals surface area contributed by atoms with Gasteiger partial charge in [-0.3, -0.25) is 10.2 Å². The number of benzene rings is 3. The van der Waals surface area contributed by atoms with E-state index in [1.54, 1.807) is 67.0 Å². The third-order valence-corrected chi connectivity index (χ3v) is 4.73. The molecule has 0 bridgehead atoms. The summed E-state index contributed by atoms with van der Waals surface area (Å²) >= 11 is 0. The van der Waals surface area contributed by atoms with Crippen LogP contribution in [0.3, 0.4) is 0 Å². The van der Waals surface area contributed by atoms with Crippen LogP contribution in [0.5, 0.6) is 0 Å². The Labute approximate surface area is 178 Å². The highest BCUT2D eigenvalue weighted by Gasteiger charge is 2.13. The van der Waals surface area contributed by atoms with Gasteiger partial charge in [0, 0.05) is 40.3 Å². The van der Waals surface area contributed by atoms with Gasteiger partial charge in [0.25, 0.3) is 5.91 Å². The highest BCUT2D eigenvalue weighted by Crippen LogP contribution is 2.29. The molecule has 1 heterocycles. The second kappa shape index (κ2) is 8.60. The van der Waals surface area contributed by atoms with Crippen LogP contribution in [0.1, 0.15) is 21.5 Å². The molecule has 0 aliphatic heterocycles. The van der Waals surface area contributed by atoms with Gasteiger partial charge in [0.2, 0.25) is 5.95 Å². The van der Waals surface area contributed by atoms with Crippen LogP contribution in [0.15, 0.2) is 73.1 Å². The van der Waals surface area contributed by atoms with Gasteiger partial charge in [-0.2, -0.15) is 0 Å². The van der Waals surface area contributed by atoms with Crippen molar-refractivity contribution in [3.8, 4) is 0 Å². The Morgan fingerprint density at radius 3 is 2.42 bits per heavy atom. The van der Waals surface area contributed by atoms with Crippen LogP contribution in [-0.4, -0.2) is 26.8 Å². The minimum Gasteiger partial charge on any atom is -0.392 e. The van der Waals surface area contributed by atoms with Crippen molar-refractivity contribution in [2.45, 2.75) is 6.61 Å². The van der Waals surface area contributed by atoms with E-state index in [1.807, 2.05) is 6.07 Å². The van der Waals surface area contributed by atoms with Gasteiger partial charge in [0.05, 0.1) is 6.61 Å². The van der Waals surface area contributed by atoms with Gasteiger partial charge in [-0.15, -0.1) is 0 Å². The second-order valence-corrected chi connectivity index (χ2v) is 6.88. The van der Waals surface area contributed by atoms with Crippen molar-refractivity contribution in [1.29, 1.82) is 5.41 Å². The van der Waals surface area contributed by atoms with Gasteiger partial charge in [-0.1, -0.05) is 24.3 Å². The third-order valence-electron chi connectivity index (χ3n) is 4.73. The van der Waals surface area contributed by atoms with Crippen LogP contribution in [0.25, 0.3) is 10.8 Å². The zero-order valence-electron chi connectivity index (χ0n) is 16.5. The van der Waals surface area contributed by atoms with E-state index in [-0.39, 0.29) is 18.3 Å². The summed E-state index contributed by atoms with van der Waals surface area (Å²) in [5, 5.41) is 24.5. The van der Waals surface area contributed by atoms with E-state index in [0.717, 1.165) is 16.3 Å². The quantitative estimate of drug-likeness (QED) is 0.243. The second-order valence-electron chi connectivity index (χ2n) is 6.88. The van der Waals surface area contributed by atoms with Crippen molar-refractivity contribution in [2.75, 3.05) is 10.6 Å². The topological polar surface area (TPSA) is 137 Å². The number of nitrogens with zero attached hydrogens (tertiary/aromatic N) is 2. The lowest BCUT2D eigenvalue weighted by atomic mass is 10.0. The number of aliphatic hydroxyl groups excluding tert-OH is 1. The molecule has 0 atom stereocenters. The van der Waals surface area contributed by atoms with E-state index < -0.39 is 0 Å². The average molecular weight is 412 g/mol. The maximum Gasteiger partial charge on any atom is 0.255 e. The van der Waals surface area contributed by atoms with Crippen molar-refractivity contribution in [2.24, 2.45) is 5.73 Å². The van der Waals surface area contributed by atoms with Crippen LogP contribution >= 0.6 is 0 Å². The van der Waals surface area contributed by atoms with Crippen LogP contribution in [-0.2, 0) is 6.61 Å². The fourth-order valence-corrected chi connectivity index (χ4v) is 3.14. The molecule has 31 heavy (non-hydrogen) atoms. The Balaban J connectivity index is 1.73. The predicted molar refractivity (Wildman–Crippen MR) is 121 cm³/mol. The number of carbonyl (C=O) groups excluding carboxylic acids is 1. The van der Waals surface area contributed by atoms with Gasteiger partial charge in [0.15, 0.2) is 0 Å². The summed E-state index contributed by atoms with van der Waals surface area (Å²) < 4.78 is 0. The first kappa shape index (κ1) is 20.0. The first-order valence-electron chi connectivity index (χ1n) is 9.51. The summed E-state index contributed by atoms with van der Waals surface area (Å²) in [6.45, 7) is -0.0578. The molecule has 8 nitrogen and oxygen atoms in total. The fourth-order valence-electron chi connectivity index (χ4n) is 3.14. The number of fused-ring (bicyclic) bond motifs is 1. The van der Waals surface area contributed by atoms with E-state index >= 15 is 0 Å². The molecule has 0 unspecified atom stereocenters. The molecule has 0 saturated carbocycles. The van der Waals surface area contributed by atoms with E-state index in [2.05, 4.69) is 20.6 Å². The zero-order valence-corrected chi connectivity index (χ0v) is 16.5. The number of hydrogen-bond acceptors (Lipinski definition) is 6. The lowest BCUT2D eigenvalue weighted by Gasteiger charge is -2.13. The largest absolute Gasteiger partial charge is 0.392 e. The molecule has 1 amide bonds. The summed E-state index contributed by atoms with van der Waals surface area (Å²) in [7, 11) is 0. The molecule has 0 aliphatic rings. The number of hydrogen-bond donors (Lipinski definition) is 5. The molecule has 1 aromatic heterocycles. The molecule has 4 aromatic rings. The maximum atomic E-state index is 12.9. The molecule has 0 saturated heterocycles. The minimum atomic E-state index is -0.286. The fraction of sp³-hybridized carbons (Fsp3) is 0.0435. The summed E-state index contributed by atoms with van der Waals surface area (Å²) in [5.74, 6) is 0.0532. The van der Waals surface area contributed by atoms with Crippen molar-refractivity contribution in [3.05, 3.63) is 89.7 Å². The van der Waals surface area contributed by atoms with Gasteiger partial charge in [-0.25, -0.2) is 9.97 Å². The Bertz CT molecular complexity index is 1260. The summed E-state index contributed by atoms with van der Waals surface area (Å²) in [6, 6.07) is 17.5. The number of nitrogen functional groups attached to an aromatic ring is 1. The number of amidine groups is 1. The lowest BCUT2D eigenvalue weighted by molar-refractivity contribution is 0.102.